The highest BCUT2D eigenvalue weighted by Gasteiger charge is 2.10. The molecule has 3 nitrogen and oxygen atoms in total. The first-order valence-electron chi connectivity index (χ1n) is 5.26. The Morgan fingerprint density at radius 3 is 2.62 bits per heavy atom. The van der Waals surface area contributed by atoms with E-state index < -0.39 is 12.3 Å². The summed E-state index contributed by atoms with van der Waals surface area (Å²) in [6.45, 7) is 3.41. The van der Waals surface area contributed by atoms with Crippen molar-refractivity contribution < 1.29 is 14.6 Å². The number of benzene rings is 1. The highest BCUT2D eigenvalue weighted by molar-refractivity contribution is 5.93. The zero-order chi connectivity index (χ0) is 12.0. The fourth-order valence-corrected chi connectivity index (χ4v) is 1.16. The van der Waals surface area contributed by atoms with Gasteiger partial charge < -0.3 is 9.84 Å². The Morgan fingerprint density at radius 2 is 2.06 bits per heavy atom. The molecule has 0 aliphatic carbocycles. The number of ether oxygens (including phenoxy) is 1. The molecule has 0 fully saturated rings. The van der Waals surface area contributed by atoms with E-state index in [1.54, 1.807) is 19.9 Å². The Hall–Kier alpha value is -1.61. The minimum Gasteiger partial charge on any atom is -0.433 e. The van der Waals surface area contributed by atoms with E-state index in [1.165, 1.54) is 0 Å². The molecule has 0 aromatic heterocycles. The third-order valence-electron chi connectivity index (χ3n) is 2.10. The van der Waals surface area contributed by atoms with Crippen molar-refractivity contribution in [3.05, 3.63) is 41.5 Å². The van der Waals surface area contributed by atoms with E-state index in [1.807, 2.05) is 30.3 Å². The summed E-state index contributed by atoms with van der Waals surface area (Å²) in [4.78, 5) is 11.5. The molecule has 0 bridgehead atoms. The number of carbonyl (C=O) groups excluding carboxylic acids is 1. The van der Waals surface area contributed by atoms with Gasteiger partial charge in [-0.2, -0.15) is 0 Å². The van der Waals surface area contributed by atoms with Crippen molar-refractivity contribution in [2.24, 2.45) is 0 Å². The molecule has 86 valence electrons. The monoisotopic (exact) mass is 220 g/mol. The van der Waals surface area contributed by atoms with Gasteiger partial charge in [-0.3, -0.25) is 0 Å². The van der Waals surface area contributed by atoms with E-state index in [2.05, 4.69) is 0 Å². The maximum Gasteiger partial charge on any atom is 0.336 e. The van der Waals surface area contributed by atoms with Crippen LogP contribution in [0.25, 0.3) is 6.08 Å². The summed E-state index contributed by atoms with van der Waals surface area (Å²) in [5.74, 6) is -0.488. The zero-order valence-corrected chi connectivity index (χ0v) is 9.51. The smallest absolute Gasteiger partial charge is 0.336 e. The molecule has 1 aromatic carbocycles. The molecule has 0 saturated carbocycles. The lowest BCUT2D eigenvalue weighted by molar-refractivity contribution is -0.162. The van der Waals surface area contributed by atoms with Gasteiger partial charge in [0.25, 0.3) is 0 Å². The van der Waals surface area contributed by atoms with Crippen LogP contribution in [0.4, 0.5) is 0 Å². The van der Waals surface area contributed by atoms with Crippen molar-refractivity contribution >= 4 is 12.0 Å². The predicted octanol–water partition coefficient (Wildman–Crippen LogP) is 2.36. The van der Waals surface area contributed by atoms with Gasteiger partial charge >= 0.3 is 5.97 Å². The molecule has 0 spiro atoms. The number of hydrogen-bond donors (Lipinski definition) is 1. The normalized spacial score (nSPS) is 13.3. The molecule has 1 unspecified atom stereocenters. The second-order valence-corrected chi connectivity index (χ2v) is 3.51. The number of rotatable bonds is 4. The maximum atomic E-state index is 11.5. The molecule has 1 N–H and O–H groups in total. The van der Waals surface area contributed by atoms with Crippen molar-refractivity contribution in [1.82, 2.24) is 0 Å². The molecular formula is C13H16O3. The van der Waals surface area contributed by atoms with Gasteiger partial charge in [0.1, 0.15) is 0 Å². The number of hydrogen-bond acceptors (Lipinski definition) is 3. The van der Waals surface area contributed by atoms with E-state index in [-0.39, 0.29) is 0 Å². The van der Waals surface area contributed by atoms with Crippen LogP contribution in [0, 0.1) is 0 Å². The van der Waals surface area contributed by atoms with Crippen LogP contribution in [0.1, 0.15) is 25.8 Å². The summed E-state index contributed by atoms with van der Waals surface area (Å²) in [6.07, 6.45) is 1.10. The quantitative estimate of drug-likeness (QED) is 0.481. The van der Waals surface area contributed by atoms with Gasteiger partial charge in [-0.1, -0.05) is 37.3 Å². The van der Waals surface area contributed by atoms with Crippen molar-refractivity contribution in [2.45, 2.75) is 26.6 Å². The second-order valence-electron chi connectivity index (χ2n) is 3.51. The second kappa shape index (κ2) is 6.08. The van der Waals surface area contributed by atoms with Gasteiger partial charge in [0.15, 0.2) is 0 Å². The van der Waals surface area contributed by atoms with Gasteiger partial charge in [0, 0.05) is 12.0 Å². The van der Waals surface area contributed by atoms with E-state index in [0.717, 1.165) is 5.56 Å². The average molecular weight is 220 g/mol. The molecule has 1 aromatic rings. The third-order valence-corrected chi connectivity index (χ3v) is 2.10. The predicted molar refractivity (Wildman–Crippen MR) is 62.5 cm³/mol. The van der Waals surface area contributed by atoms with Gasteiger partial charge in [-0.25, -0.2) is 4.79 Å². The van der Waals surface area contributed by atoms with Crippen LogP contribution in [0.15, 0.2) is 35.9 Å². The summed E-state index contributed by atoms with van der Waals surface area (Å²) in [5.41, 5.74) is 1.40. The Kier molecular flexibility index (Phi) is 4.73. The Labute approximate surface area is 95.4 Å². The summed E-state index contributed by atoms with van der Waals surface area (Å²) in [7, 11) is 0. The standard InChI is InChI=1S/C13H16O3/c1-3-12(14)16-13(15)10(2)9-11-7-5-4-6-8-11/h4-9,12,14H,3H2,1-2H3/b10-9+. The van der Waals surface area contributed by atoms with Crippen molar-refractivity contribution in [3.63, 3.8) is 0 Å². The number of carbonyl (C=O) groups is 1. The summed E-state index contributed by atoms with van der Waals surface area (Å²) < 4.78 is 4.78. The molecule has 0 aliphatic heterocycles. The van der Waals surface area contributed by atoms with Crippen LogP contribution in [0.2, 0.25) is 0 Å². The number of esters is 1. The van der Waals surface area contributed by atoms with Crippen LogP contribution in [0.5, 0.6) is 0 Å². The average Bonchev–Trinajstić information content (AvgIpc) is 2.30. The summed E-state index contributed by atoms with van der Waals surface area (Å²) >= 11 is 0. The van der Waals surface area contributed by atoms with Crippen LogP contribution >= 0.6 is 0 Å². The van der Waals surface area contributed by atoms with E-state index >= 15 is 0 Å². The lowest BCUT2D eigenvalue weighted by atomic mass is 10.1. The Morgan fingerprint density at radius 1 is 1.44 bits per heavy atom. The van der Waals surface area contributed by atoms with Crippen molar-refractivity contribution in [2.75, 3.05) is 0 Å². The number of aliphatic hydroxyl groups is 1. The molecule has 1 rings (SSSR count). The first kappa shape index (κ1) is 12.5. The van der Waals surface area contributed by atoms with Crippen LogP contribution in [0.3, 0.4) is 0 Å². The van der Waals surface area contributed by atoms with Gasteiger partial charge in [-0.15, -0.1) is 0 Å². The summed E-state index contributed by atoms with van der Waals surface area (Å²) in [6, 6.07) is 9.49. The molecule has 3 heteroatoms. The van der Waals surface area contributed by atoms with Crippen LogP contribution in [-0.2, 0) is 9.53 Å². The third kappa shape index (κ3) is 3.87. The first-order valence-corrected chi connectivity index (χ1v) is 5.26. The lowest BCUT2D eigenvalue weighted by Gasteiger charge is -2.09. The zero-order valence-electron chi connectivity index (χ0n) is 9.51. The molecule has 0 radical (unpaired) electrons. The summed E-state index contributed by atoms with van der Waals surface area (Å²) in [5, 5.41) is 9.17. The molecular weight excluding hydrogens is 204 g/mol. The lowest BCUT2D eigenvalue weighted by Crippen LogP contribution is -2.16. The molecule has 0 aliphatic rings. The van der Waals surface area contributed by atoms with Gasteiger partial charge in [0.05, 0.1) is 0 Å². The largest absolute Gasteiger partial charge is 0.433 e. The molecule has 16 heavy (non-hydrogen) atoms. The van der Waals surface area contributed by atoms with E-state index in [0.29, 0.717) is 12.0 Å². The highest BCUT2D eigenvalue weighted by Crippen LogP contribution is 2.08. The van der Waals surface area contributed by atoms with Crippen LogP contribution < -0.4 is 0 Å². The number of aliphatic hydroxyl groups excluding tert-OH is 1. The molecule has 0 heterocycles. The maximum absolute atomic E-state index is 11.5. The van der Waals surface area contributed by atoms with Crippen LogP contribution in [-0.4, -0.2) is 17.4 Å². The van der Waals surface area contributed by atoms with E-state index in [9.17, 15) is 9.90 Å². The van der Waals surface area contributed by atoms with Crippen molar-refractivity contribution in [3.8, 4) is 0 Å². The Bertz CT molecular complexity index is 368. The first-order chi connectivity index (χ1) is 7.63. The molecule has 1 atom stereocenters. The fraction of sp³-hybridized carbons (Fsp3) is 0.308. The highest BCUT2D eigenvalue weighted by atomic mass is 16.6. The van der Waals surface area contributed by atoms with Gasteiger partial charge in [-0.05, 0) is 18.6 Å². The minimum absolute atomic E-state index is 0.393. The minimum atomic E-state index is -1.02. The topological polar surface area (TPSA) is 46.5 Å². The van der Waals surface area contributed by atoms with E-state index in [4.69, 9.17) is 4.74 Å². The SMILES string of the molecule is CCC(O)OC(=O)/C(C)=C/c1ccccc1. The van der Waals surface area contributed by atoms with Crippen molar-refractivity contribution in [1.29, 1.82) is 0 Å². The molecule has 0 amide bonds. The fourth-order valence-electron chi connectivity index (χ4n) is 1.16. The Balaban J connectivity index is 2.67. The van der Waals surface area contributed by atoms with Gasteiger partial charge in [0.2, 0.25) is 6.29 Å². The molecule has 0 saturated heterocycles.